The molecule has 0 aliphatic carbocycles. The Morgan fingerprint density at radius 3 is 2.80 bits per heavy atom. The topological polar surface area (TPSA) is 36.7 Å². The van der Waals surface area contributed by atoms with Gasteiger partial charge in [0.1, 0.15) is 11.1 Å². The second-order valence-electron chi connectivity index (χ2n) is 4.21. The van der Waals surface area contributed by atoms with Gasteiger partial charge in [-0.05, 0) is 58.5 Å². The van der Waals surface area contributed by atoms with Gasteiger partial charge in [-0.2, -0.15) is 5.26 Å². The highest BCUT2D eigenvalue weighted by Crippen LogP contribution is 2.28. The molecule has 3 rings (SSSR count). The summed E-state index contributed by atoms with van der Waals surface area (Å²) in [5.41, 5.74) is 2.57. The van der Waals surface area contributed by atoms with Gasteiger partial charge in [0.05, 0.1) is 15.8 Å². The molecule has 0 aliphatic heterocycles. The zero-order valence-corrected chi connectivity index (χ0v) is 13.4. The maximum Gasteiger partial charge on any atom is 0.135 e. The van der Waals surface area contributed by atoms with Crippen LogP contribution in [0.4, 0.5) is 0 Å². The molecular formula is C16H9IN2S. The van der Waals surface area contributed by atoms with Crippen molar-refractivity contribution in [3.05, 3.63) is 62.7 Å². The number of hydrogen-bond acceptors (Lipinski definition) is 3. The maximum absolute atomic E-state index is 9.38. The summed E-state index contributed by atoms with van der Waals surface area (Å²) in [5.74, 6) is 0. The first-order valence-electron chi connectivity index (χ1n) is 5.99. The summed E-state index contributed by atoms with van der Waals surface area (Å²) in [6.45, 7) is 0. The Balaban J connectivity index is 2.07. The van der Waals surface area contributed by atoms with Crippen LogP contribution in [0.3, 0.4) is 0 Å². The van der Waals surface area contributed by atoms with Crippen LogP contribution in [0.2, 0.25) is 0 Å². The number of allylic oxidation sites excluding steroid dienone is 1. The van der Waals surface area contributed by atoms with Crippen LogP contribution in [0.5, 0.6) is 0 Å². The van der Waals surface area contributed by atoms with Crippen LogP contribution in [0.25, 0.3) is 21.9 Å². The molecule has 0 amide bonds. The molecule has 0 spiro atoms. The fourth-order valence-electron chi connectivity index (χ4n) is 1.89. The summed E-state index contributed by atoms with van der Waals surface area (Å²) >= 11 is 3.81. The summed E-state index contributed by atoms with van der Waals surface area (Å²) in [6, 6.07) is 18.2. The number of fused-ring (bicyclic) bond motifs is 1. The third-order valence-corrected chi connectivity index (χ3v) is 4.55. The van der Waals surface area contributed by atoms with E-state index in [9.17, 15) is 5.26 Å². The van der Waals surface area contributed by atoms with Gasteiger partial charge in [-0.1, -0.05) is 24.3 Å². The average molecular weight is 388 g/mol. The van der Waals surface area contributed by atoms with E-state index >= 15 is 0 Å². The molecule has 0 bridgehead atoms. The number of thiazole rings is 1. The highest BCUT2D eigenvalue weighted by atomic mass is 127. The molecule has 3 aromatic rings. The van der Waals surface area contributed by atoms with E-state index in [1.54, 1.807) is 11.3 Å². The van der Waals surface area contributed by atoms with Crippen LogP contribution in [0, 0.1) is 14.9 Å². The van der Waals surface area contributed by atoms with Gasteiger partial charge in [-0.25, -0.2) is 4.98 Å². The van der Waals surface area contributed by atoms with E-state index < -0.39 is 0 Å². The lowest BCUT2D eigenvalue weighted by Gasteiger charge is -1.96. The lowest BCUT2D eigenvalue weighted by molar-refractivity contribution is 1.43. The van der Waals surface area contributed by atoms with E-state index in [0.29, 0.717) is 5.57 Å². The number of nitriles is 1. The Morgan fingerprint density at radius 2 is 2.05 bits per heavy atom. The third-order valence-electron chi connectivity index (χ3n) is 2.80. The number of nitrogens with zero attached hydrogens (tertiary/aromatic N) is 2. The van der Waals surface area contributed by atoms with Crippen molar-refractivity contribution in [1.29, 1.82) is 5.26 Å². The van der Waals surface area contributed by atoms with Crippen molar-refractivity contribution in [2.45, 2.75) is 0 Å². The van der Waals surface area contributed by atoms with Gasteiger partial charge >= 0.3 is 0 Å². The minimum absolute atomic E-state index is 0.605. The minimum Gasteiger partial charge on any atom is -0.235 e. The van der Waals surface area contributed by atoms with E-state index in [1.165, 1.54) is 0 Å². The van der Waals surface area contributed by atoms with Crippen molar-refractivity contribution in [1.82, 2.24) is 4.98 Å². The standard InChI is InChI=1S/C16H9IN2S/c17-13-5-3-4-11(9-13)8-12(10-18)16-19-14-6-1-2-7-15(14)20-16/h1-9H/b12-8+. The highest BCUT2D eigenvalue weighted by molar-refractivity contribution is 14.1. The molecular weight excluding hydrogens is 379 g/mol. The zero-order valence-electron chi connectivity index (χ0n) is 10.4. The lowest BCUT2D eigenvalue weighted by atomic mass is 10.1. The summed E-state index contributed by atoms with van der Waals surface area (Å²) in [5, 5.41) is 10.2. The molecule has 2 aromatic carbocycles. The Morgan fingerprint density at radius 1 is 1.20 bits per heavy atom. The van der Waals surface area contributed by atoms with Gasteiger partial charge < -0.3 is 0 Å². The van der Waals surface area contributed by atoms with Gasteiger partial charge in [-0.3, -0.25) is 0 Å². The van der Waals surface area contributed by atoms with Gasteiger partial charge in [0.25, 0.3) is 0 Å². The van der Waals surface area contributed by atoms with Crippen molar-refractivity contribution in [3.63, 3.8) is 0 Å². The molecule has 0 N–H and O–H groups in total. The molecule has 2 nitrogen and oxygen atoms in total. The molecule has 1 aromatic heterocycles. The Hall–Kier alpha value is -1.71. The summed E-state index contributed by atoms with van der Waals surface area (Å²) in [4.78, 5) is 4.53. The molecule has 0 saturated heterocycles. The molecule has 0 saturated carbocycles. The van der Waals surface area contributed by atoms with Crippen molar-refractivity contribution in [3.8, 4) is 6.07 Å². The Bertz CT molecular complexity index is 810. The summed E-state index contributed by atoms with van der Waals surface area (Å²) in [7, 11) is 0. The van der Waals surface area contributed by atoms with E-state index in [4.69, 9.17) is 0 Å². The lowest BCUT2D eigenvalue weighted by Crippen LogP contribution is -1.81. The van der Waals surface area contributed by atoms with Crippen LogP contribution in [-0.2, 0) is 0 Å². The van der Waals surface area contributed by atoms with Crippen molar-refractivity contribution >= 4 is 55.8 Å². The van der Waals surface area contributed by atoms with Crippen LogP contribution < -0.4 is 0 Å². The van der Waals surface area contributed by atoms with Crippen LogP contribution >= 0.6 is 33.9 Å². The smallest absolute Gasteiger partial charge is 0.135 e. The highest BCUT2D eigenvalue weighted by Gasteiger charge is 2.08. The quantitative estimate of drug-likeness (QED) is 0.459. The van der Waals surface area contributed by atoms with Crippen LogP contribution in [-0.4, -0.2) is 4.98 Å². The van der Waals surface area contributed by atoms with E-state index in [0.717, 1.165) is 24.4 Å². The number of halogens is 1. The van der Waals surface area contributed by atoms with Gasteiger partial charge in [0.15, 0.2) is 0 Å². The number of para-hydroxylation sites is 1. The molecule has 4 heteroatoms. The first-order chi connectivity index (χ1) is 9.76. The predicted octanol–water partition coefficient (Wildman–Crippen LogP) is 4.97. The fourth-order valence-corrected chi connectivity index (χ4v) is 3.39. The SMILES string of the molecule is N#C/C(=C\c1cccc(I)c1)c1nc2ccccc2s1. The molecule has 0 unspecified atom stereocenters. The Kier molecular flexibility index (Phi) is 3.81. The summed E-state index contributed by atoms with van der Waals surface area (Å²) < 4.78 is 2.25. The van der Waals surface area contributed by atoms with Gasteiger partial charge in [-0.15, -0.1) is 11.3 Å². The normalized spacial score (nSPS) is 11.5. The summed E-state index contributed by atoms with van der Waals surface area (Å²) in [6.07, 6.45) is 1.89. The number of benzene rings is 2. The molecule has 1 heterocycles. The maximum atomic E-state index is 9.38. The van der Waals surface area contributed by atoms with E-state index in [1.807, 2.05) is 54.6 Å². The first kappa shape index (κ1) is 13.3. The predicted molar refractivity (Wildman–Crippen MR) is 92.3 cm³/mol. The van der Waals surface area contributed by atoms with Crippen molar-refractivity contribution in [2.75, 3.05) is 0 Å². The molecule has 0 fully saturated rings. The molecule has 0 atom stereocenters. The monoisotopic (exact) mass is 388 g/mol. The van der Waals surface area contributed by atoms with E-state index in [-0.39, 0.29) is 0 Å². The number of rotatable bonds is 2. The number of aromatic nitrogens is 1. The average Bonchev–Trinajstić information content (AvgIpc) is 2.88. The molecule has 20 heavy (non-hydrogen) atoms. The fraction of sp³-hybridized carbons (Fsp3) is 0. The largest absolute Gasteiger partial charge is 0.235 e. The first-order valence-corrected chi connectivity index (χ1v) is 7.89. The van der Waals surface area contributed by atoms with Crippen molar-refractivity contribution in [2.24, 2.45) is 0 Å². The molecule has 96 valence electrons. The van der Waals surface area contributed by atoms with Gasteiger partial charge in [0, 0.05) is 3.57 Å². The van der Waals surface area contributed by atoms with E-state index in [2.05, 4.69) is 33.6 Å². The van der Waals surface area contributed by atoms with Crippen molar-refractivity contribution < 1.29 is 0 Å². The minimum atomic E-state index is 0.605. The van der Waals surface area contributed by atoms with Gasteiger partial charge in [0.2, 0.25) is 0 Å². The third kappa shape index (κ3) is 2.74. The molecule has 0 radical (unpaired) electrons. The number of hydrogen-bond donors (Lipinski definition) is 0. The second-order valence-corrected chi connectivity index (χ2v) is 6.49. The zero-order chi connectivity index (χ0) is 13.9. The van der Waals surface area contributed by atoms with Crippen LogP contribution in [0.15, 0.2) is 48.5 Å². The molecule has 0 aliphatic rings. The Labute approximate surface area is 134 Å². The van der Waals surface area contributed by atoms with Crippen LogP contribution in [0.1, 0.15) is 10.6 Å². The second kappa shape index (κ2) is 5.73.